The van der Waals surface area contributed by atoms with Crippen molar-refractivity contribution in [3.8, 4) is 0 Å². The second-order valence-corrected chi connectivity index (χ2v) is 6.51. The molecule has 5 nitrogen and oxygen atoms in total. The zero-order chi connectivity index (χ0) is 15.7. The summed E-state index contributed by atoms with van der Waals surface area (Å²) in [4.78, 5) is 21.4. The smallest absolute Gasteiger partial charge is 0.290 e. The Kier molecular flexibility index (Phi) is 3.65. The number of piperidine rings is 1. The van der Waals surface area contributed by atoms with Gasteiger partial charge >= 0.3 is 0 Å². The number of aromatic nitrogens is 1. The van der Waals surface area contributed by atoms with Crippen LogP contribution in [0.25, 0.3) is 0 Å². The van der Waals surface area contributed by atoms with Gasteiger partial charge < -0.3 is 9.32 Å². The van der Waals surface area contributed by atoms with Crippen LogP contribution in [0.3, 0.4) is 0 Å². The molecule has 4 rings (SSSR count). The number of furan rings is 1. The van der Waals surface area contributed by atoms with Crippen LogP contribution in [0.5, 0.6) is 0 Å². The van der Waals surface area contributed by atoms with Gasteiger partial charge in [0, 0.05) is 37.9 Å². The van der Waals surface area contributed by atoms with Crippen LogP contribution in [-0.4, -0.2) is 45.9 Å². The van der Waals surface area contributed by atoms with Crippen LogP contribution in [0.4, 0.5) is 0 Å². The molecule has 2 saturated heterocycles. The second kappa shape index (κ2) is 5.81. The predicted molar refractivity (Wildman–Crippen MR) is 85.8 cm³/mol. The van der Waals surface area contributed by atoms with Gasteiger partial charge in [-0.1, -0.05) is 6.07 Å². The third-order valence-corrected chi connectivity index (χ3v) is 5.25. The van der Waals surface area contributed by atoms with E-state index in [1.807, 2.05) is 23.2 Å². The number of carbonyl (C=O) groups excluding carboxylic acids is 1. The fraction of sp³-hybridized carbons (Fsp3) is 0.444. The van der Waals surface area contributed by atoms with Gasteiger partial charge in [-0.25, -0.2) is 0 Å². The Morgan fingerprint density at radius 3 is 2.57 bits per heavy atom. The maximum atomic E-state index is 12.5. The van der Waals surface area contributed by atoms with Gasteiger partial charge in [-0.2, -0.15) is 0 Å². The molecule has 120 valence electrons. The fourth-order valence-electron chi connectivity index (χ4n) is 3.76. The SMILES string of the molecule is O=C(c1ccco1)N1CCC12CCN(Cc1ccccn1)CC2. The lowest BCUT2D eigenvalue weighted by Gasteiger charge is -2.56. The molecular formula is C18H21N3O2. The van der Waals surface area contributed by atoms with E-state index >= 15 is 0 Å². The summed E-state index contributed by atoms with van der Waals surface area (Å²) >= 11 is 0. The van der Waals surface area contributed by atoms with Crippen LogP contribution in [0, 0.1) is 0 Å². The minimum absolute atomic E-state index is 0.0411. The van der Waals surface area contributed by atoms with Crippen molar-refractivity contribution >= 4 is 5.91 Å². The van der Waals surface area contributed by atoms with Gasteiger partial charge in [0.1, 0.15) is 0 Å². The zero-order valence-corrected chi connectivity index (χ0v) is 13.1. The number of pyridine rings is 1. The molecular weight excluding hydrogens is 290 g/mol. The number of hydrogen-bond donors (Lipinski definition) is 0. The van der Waals surface area contributed by atoms with E-state index in [0.717, 1.165) is 51.1 Å². The Balaban J connectivity index is 1.38. The van der Waals surface area contributed by atoms with Gasteiger partial charge in [-0.3, -0.25) is 14.7 Å². The predicted octanol–water partition coefficient (Wildman–Crippen LogP) is 2.56. The van der Waals surface area contributed by atoms with Crippen LogP contribution in [0.15, 0.2) is 47.2 Å². The summed E-state index contributed by atoms with van der Waals surface area (Å²) in [5.74, 6) is 0.499. The summed E-state index contributed by atoms with van der Waals surface area (Å²) in [6.07, 6.45) is 6.58. The summed E-state index contributed by atoms with van der Waals surface area (Å²) < 4.78 is 5.28. The summed E-state index contributed by atoms with van der Waals surface area (Å²) in [7, 11) is 0. The molecule has 2 aromatic rings. The molecule has 0 radical (unpaired) electrons. The monoisotopic (exact) mass is 311 g/mol. The molecule has 1 amide bonds. The van der Waals surface area contributed by atoms with Crippen LogP contribution >= 0.6 is 0 Å². The molecule has 2 fully saturated rings. The fourth-order valence-corrected chi connectivity index (χ4v) is 3.76. The normalized spacial score (nSPS) is 20.4. The van der Waals surface area contributed by atoms with Crippen LogP contribution < -0.4 is 0 Å². The highest BCUT2D eigenvalue weighted by Gasteiger charge is 2.49. The molecule has 2 aliphatic rings. The van der Waals surface area contributed by atoms with E-state index in [-0.39, 0.29) is 11.4 Å². The minimum Gasteiger partial charge on any atom is -0.459 e. The molecule has 0 saturated carbocycles. The summed E-state index contributed by atoms with van der Waals surface area (Å²) in [6.45, 7) is 3.76. The number of rotatable bonds is 3. The van der Waals surface area contributed by atoms with E-state index < -0.39 is 0 Å². The van der Waals surface area contributed by atoms with Crippen LogP contribution in [0.1, 0.15) is 35.5 Å². The van der Waals surface area contributed by atoms with Gasteiger partial charge in [-0.15, -0.1) is 0 Å². The van der Waals surface area contributed by atoms with Crippen molar-refractivity contribution in [3.05, 3.63) is 54.2 Å². The van der Waals surface area contributed by atoms with E-state index in [1.165, 1.54) is 0 Å². The summed E-state index contributed by atoms with van der Waals surface area (Å²) in [5.41, 5.74) is 1.16. The molecule has 0 aromatic carbocycles. The number of nitrogens with zero attached hydrogens (tertiary/aromatic N) is 3. The summed E-state index contributed by atoms with van der Waals surface area (Å²) in [6, 6.07) is 9.57. The molecule has 23 heavy (non-hydrogen) atoms. The van der Waals surface area contributed by atoms with Crippen molar-refractivity contribution in [3.63, 3.8) is 0 Å². The van der Waals surface area contributed by atoms with Gasteiger partial charge in [0.25, 0.3) is 5.91 Å². The standard InChI is InChI=1S/C18H21N3O2/c22-17(16-5-3-13-23-16)21-12-8-18(21)6-10-20(11-7-18)14-15-4-1-2-9-19-15/h1-5,9,13H,6-8,10-12,14H2. The molecule has 0 atom stereocenters. The Hall–Kier alpha value is -2.14. The van der Waals surface area contributed by atoms with Crippen molar-refractivity contribution in [2.45, 2.75) is 31.3 Å². The number of amides is 1. The quantitative estimate of drug-likeness (QED) is 0.874. The molecule has 1 spiro atoms. The molecule has 2 aromatic heterocycles. The molecule has 0 N–H and O–H groups in total. The van der Waals surface area contributed by atoms with Crippen molar-refractivity contribution in [1.82, 2.24) is 14.8 Å². The molecule has 5 heteroatoms. The number of carbonyl (C=O) groups is 1. The maximum absolute atomic E-state index is 12.5. The van der Waals surface area contributed by atoms with Crippen molar-refractivity contribution in [2.75, 3.05) is 19.6 Å². The Bertz CT molecular complexity index is 661. The van der Waals surface area contributed by atoms with E-state index in [2.05, 4.69) is 16.0 Å². The topological polar surface area (TPSA) is 49.6 Å². The highest BCUT2D eigenvalue weighted by Crippen LogP contribution is 2.41. The lowest BCUT2D eigenvalue weighted by molar-refractivity contribution is -0.0415. The second-order valence-electron chi connectivity index (χ2n) is 6.51. The molecule has 0 bridgehead atoms. The Morgan fingerprint density at radius 2 is 1.96 bits per heavy atom. The minimum atomic E-state index is 0.0411. The first-order valence-corrected chi connectivity index (χ1v) is 8.25. The number of likely N-dealkylation sites (tertiary alicyclic amines) is 2. The maximum Gasteiger partial charge on any atom is 0.290 e. The molecule has 0 aliphatic carbocycles. The first-order chi connectivity index (χ1) is 11.3. The molecule has 4 heterocycles. The van der Waals surface area contributed by atoms with Gasteiger partial charge in [0.05, 0.1) is 12.0 Å². The average Bonchev–Trinajstić information content (AvgIpc) is 3.10. The first-order valence-electron chi connectivity index (χ1n) is 8.25. The highest BCUT2D eigenvalue weighted by atomic mass is 16.3. The Morgan fingerprint density at radius 1 is 1.13 bits per heavy atom. The van der Waals surface area contributed by atoms with E-state index in [1.54, 1.807) is 18.4 Å². The molecule has 2 aliphatic heterocycles. The van der Waals surface area contributed by atoms with Crippen molar-refractivity contribution < 1.29 is 9.21 Å². The van der Waals surface area contributed by atoms with Crippen LogP contribution in [0.2, 0.25) is 0 Å². The van der Waals surface area contributed by atoms with Crippen LogP contribution in [-0.2, 0) is 6.54 Å². The Labute approximate surface area is 135 Å². The van der Waals surface area contributed by atoms with E-state index in [4.69, 9.17) is 4.42 Å². The highest BCUT2D eigenvalue weighted by molar-refractivity contribution is 5.92. The lowest BCUT2D eigenvalue weighted by atomic mass is 9.76. The average molecular weight is 311 g/mol. The zero-order valence-electron chi connectivity index (χ0n) is 13.1. The van der Waals surface area contributed by atoms with Crippen molar-refractivity contribution in [1.29, 1.82) is 0 Å². The third-order valence-electron chi connectivity index (χ3n) is 5.25. The first kappa shape index (κ1) is 14.5. The number of hydrogen-bond acceptors (Lipinski definition) is 4. The van der Waals surface area contributed by atoms with Gasteiger partial charge in [0.15, 0.2) is 5.76 Å². The third kappa shape index (κ3) is 2.65. The van der Waals surface area contributed by atoms with E-state index in [9.17, 15) is 4.79 Å². The van der Waals surface area contributed by atoms with Gasteiger partial charge in [0.2, 0.25) is 0 Å². The largest absolute Gasteiger partial charge is 0.459 e. The summed E-state index contributed by atoms with van der Waals surface area (Å²) in [5, 5.41) is 0. The lowest BCUT2D eigenvalue weighted by Crippen LogP contribution is -2.65. The molecule has 0 unspecified atom stereocenters. The van der Waals surface area contributed by atoms with Gasteiger partial charge in [-0.05, 0) is 43.5 Å². The van der Waals surface area contributed by atoms with Crippen molar-refractivity contribution in [2.24, 2.45) is 0 Å². The van der Waals surface area contributed by atoms with E-state index in [0.29, 0.717) is 5.76 Å².